The molecular formula is C21H26NO6-. The van der Waals surface area contributed by atoms with Gasteiger partial charge in [0.25, 0.3) is 5.91 Å². The molecule has 1 amide bonds. The van der Waals surface area contributed by atoms with Crippen molar-refractivity contribution in [2.45, 2.75) is 58.4 Å². The standard InChI is InChI=1S/C21H27NO6/c1-3-5-7-14-11-20(24)28-18-12-15(9-10-16(14)18)27-13-19(23)22-17(21(25)26)8-6-4-2/h9-12,17H,3-8,13H2,1-2H3,(H,22,23)(H,25,26)/p-1/t17-/m1/s1. The summed E-state index contributed by atoms with van der Waals surface area (Å²) in [6, 6.07) is 5.52. The number of nitrogens with one attached hydrogen (secondary N) is 1. The Balaban J connectivity index is 2.05. The summed E-state index contributed by atoms with van der Waals surface area (Å²) in [4.78, 5) is 34.9. The summed E-state index contributed by atoms with van der Waals surface area (Å²) in [5, 5.41) is 14.3. The molecule has 0 saturated carbocycles. The predicted octanol–water partition coefficient (Wildman–Crippen LogP) is 1.94. The van der Waals surface area contributed by atoms with E-state index in [-0.39, 0.29) is 6.61 Å². The van der Waals surface area contributed by atoms with Gasteiger partial charge in [-0.2, -0.15) is 0 Å². The molecule has 1 aromatic heterocycles. The molecule has 0 spiro atoms. The normalized spacial score (nSPS) is 11.9. The first kappa shape index (κ1) is 21.5. The number of carbonyl (C=O) groups is 2. The van der Waals surface area contributed by atoms with Crippen LogP contribution in [0.2, 0.25) is 0 Å². The maximum Gasteiger partial charge on any atom is 0.336 e. The number of carbonyl (C=O) groups excluding carboxylic acids is 2. The average molecular weight is 388 g/mol. The van der Waals surface area contributed by atoms with E-state index >= 15 is 0 Å². The molecule has 0 aliphatic heterocycles. The monoisotopic (exact) mass is 388 g/mol. The van der Waals surface area contributed by atoms with Crippen LogP contribution in [0, 0.1) is 0 Å². The van der Waals surface area contributed by atoms with Gasteiger partial charge in [-0.1, -0.05) is 33.1 Å². The number of unbranched alkanes of at least 4 members (excludes halogenated alkanes) is 2. The Morgan fingerprint density at radius 3 is 2.61 bits per heavy atom. The van der Waals surface area contributed by atoms with Gasteiger partial charge in [-0.15, -0.1) is 0 Å². The first-order valence-corrected chi connectivity index (χ1v) is 9.64. The lowest BCUT2D eigenvalue weighted by Crippen LogP contribution is -2.49. The number of carboxylic acid groups (broad SMARTS) is 1. The highest BCUT2D eigenvalue weighted by Crippen LogP contribution is 2.23. The van der Waals surface area contributed by atoms with E-state index in [0.717, 1.165) is 36.6 Å². The summed E-state index contributed by atoms with van der Waals surface area (Å²) < 4.78 is 10.7. The fraction of sp³-hybridized carbons (Fsp3) is 0.476. The van der Waals surface area contributed by atoms with Crippen LogP contribution in [0.5, 0.6) is 5.75 Å². The van der Waals surface area contributed by atoms with Gasteiger partial charge in [0, 0.05) is 17.5 Å². The van der Waals surface area contributed by atoms with Crippen LogP contribution in [-0.4, -0.2) is 24.5 Å². The maximum atomic E-state index is 12.0. The lowest BCUT2D eigenvalue weighted by molar-refractivity contribution is -0.308. The number of fused-ring (bicyclic) bond motifs is 1. The van der Waals surface area contributed by atoms with Crippen molar-refractivity contribution in [3.8, 4) is 5.75 Å². The minimum atomic E-state index is -1.31. The summed E-state index contributed by atoms with van der Waals surface area (Å²) >= 11 is 0. The van der Waals surface area contributed by atoms with E-state index in [1.807, 2.05) is 6.92 Å². The Morgan fingerprint density at radius 1 is 1.18 bits per heavy atom. The number of rotatable bonds is 11. The Morgan fingerprint density at radius 2 is 1.93 bits per heavy atom. The molecule has 1 atom stereocenters. The summed E-state index contributed by atoms with van der Waals surface area (Å²) in [5.74, 6) is -1.51. The van der Waals surface area contributed by atoms with Crippen LogP contribution in [-0.2, 0) is 16.0 Å². The van der Waals surface area contributed by atoms with Crippen molar-refractivity contribution in [2.75, 3.05) is 6.61 Å². The van der Waals surface area contributed by atoms with E-state index in [4.69, 9.17) is 9.15 Å². The quantitative estimate of drug-likeness (QED) is 0.589. The van der Waals surface area contributed by atoms with Crippen molar-refractivity contribution in [3.05, 3.63) is 40.2 Å². The van der Waals surface area contributed by atoms with Gasteiger partial charge in [-0.3, -0.25) is 4.79 Å². The molecule has 0 aliphatic carbocycles. The van der Waals surface area contributed by atoms with Crippen molar-refractivity contribution in [1.29, 1.82) is 0 Å². The molecule has 1 heterocycles. The molecule has 1 N–H and O–H groups in total. The van der Waals surface area contributed by atoms with E-state index in [0.29, 0.717) is 24.2 Å². The number of carboxylic acids is 1. The fourth-order valence-corrected chi connectivity index (χ4v) is 2.92. The minimum Gasteiger partial charge on any atom is -0.548 e. The molecule has 7 heteroatoms. The number of hydrogen-bond donors (Lipinski definition) is 1. The molecule has 7 nitrogen and oxygen atoms in total. The van der Waals surface area contributed by atoms with Crippen LogP contribution in [0.4, 0.5) is 0 Å². The van der Waals surface area contributed by atoms with E-state index in [1.165, 1.54) is 6.07 Å². The number of amides is 1. The smallest absolute Gasteiger partial charge is 0.336 e. The molecule has 28 heavy (non-hydrogen) atoms. The Kier molecular flexibility index (Phi) is 8.04. The Bertz CT molecular complexity index is 873. The number of benzene rings is 1. The maximum absolute atomic E-state index is 12.0. The van der Waals surface area contributed by atoms with E-state index in [9.17, 15) is 19.5 Å². The molecular weight excluding hydrogens is 362 g/mol. The summed E-state index contributed by atoms with van der Waals surface area (Å²) in [7, 11) is 0. The molecule has 1 aromatic carbocycles. The van der Waals surface area contributed by atoms with Crippen LogP contribution >= 0.6 is 0 Å². The van der Waals surface area contributed by atoms with E-state index in [1.54, 1.807) is 18.2 Å². The summed E-state index contributed by atoms with van der Waals surface area (Å²) in [6.45, 7) is 3.67. The summed E-state index contributed by atoms with van der Waals surface area (Å²) in [6.07, 6.45) is 4.57. The second-order valence-electron chi connectivity index (χ2n) is 6.72. The van der Waals surface area contributed by atoms with Crippen LogP contribution in [0.1, 0.15) is 51.5 Å². The third-order valence-electron chi connectivity index (χ3n) is 4.44. The molecule has 2 aromatic rings. The van der Waals surface area contributed by atoms with Crippen LogP contribution in [0.25, 0.3) is 11.0 Å². The van der Waals surface area contributed by atoms with Crippen molar-refractivity contribution in [2.24, 2.45) is 0 Å². The van der Waals surface area contributed by atoms with Crippen molar-refractivity contribution in [3.63, 3.8) is 0 Å². The molecule has 2 rings (SSSR count). The van der Waals surface area contributed by atoms with Gasteiger partial charge in [0.2, 0.25) is 0 Å². The van der Waals surface area contributed by atoms with Gasteiger partial charge in [-0.25, -0.2) is 4.79 Å². The molecule has 0 saturated heterocycles. The largest absolute Gasteiger partial charge is 0.548 e. The minimum absolute atomic E-state index is 0.312. The highest BCUT2D eigenvalue weighted by Gasteiger charge is 2.14. The van der Waals surface area contributed by atoms with Gasteiger partial charge in [0.1, 0.15) is 11.3 Å². The summed E-state index contributed by atoms with van der Waals surface area (Å²) in [5.41, 5.74) is 0.887. The molecule has 152 valence electrons. The van der Waals surface area contributed by atoms with Gasteiger partial charge >= 0.3 is 5.63 Å². The number of hydrogen-bond acceptors (Lipinski definition) is 6. The number of ether oxygens (including phenoxy) is 1. The lowest BCUT2D eigenvalue weighted by Gasteiger charge is -2.19. The number of aryl methyl sites for hydroxylation is 1. The Hall–Kier alpha value is -2.83. The highest BCUT2D eigenvalue weighted by atomic mass is 16.5. The topological polar surface area (TPSA) is 109 Å². The van der Waals surface area contributed by atoms with E-state index < -0.39 is 23.5 Å². The van der Waals surface area contributed by atoms with Crippen molar-refractivity contribution >= 4 is 22.8 Å². The second kappa shape index (κ2) is 10.5. The van der Waals surface area contributed by atoms with Gasteiger partial charge in [-0.05, 0) is 37.0 Å². The second-order valence-corrected chi connectivity index (χ2v) is 6.72. The first-order chi connectivity index (χ1) is 13.4. The van der Waals surface area contributed by atoms with Gasteiger partial charge in [0.15, 0.2) is 6.61 Å². The van der Waals surface area contributed by atoms with Crippen molar-refractivity contribution < 1.29 is 23.8 Å². The van der Waals surface area contributed by atoms with Gasteiger partial charge in [0.05, 0.1) is 12.0 Å². The SMILES string of the molecule is CCCCc1cc(=O)oc2cc(OCC(=O)N[C@H](CCCC)C(=O)[O-])ccc12. The molecule has 0 aliphatic rings. The first-order valence-electron chi connectivity index (χ1n) is 9.64. The predicted molar refractivity (Wildman–Crippen MR) is 103 cm³/mol. The number of aliphatic carboxylic acids is 1. The van der Waals surface area contributed by atoms with Crippen LogP contribution < -0.4 is 20.8 Å². The molecule has 0 unspecified atom stereocenters. The Labute approximate surface area is 163 Å². The third kappa shape index (κ3) is 6.11. The molecule has 0 radical (unpaired) electrons. The fourth-order valence-electron chi connectivity index (χ4n) is 2.92. The van der Waals surface area contributed by atoms with Gasteiger partial charge < -0.3 is 24.4 Å². The van der Waals surface area contributed by atoms with Crippen LogP contribution in [0.15, 0.2) is 33.5 Å². The zero-order valence-electron chi connectivity index (χ0n) is 16.3. The zero-order valence-corrected chi connectivity index (χ0v) is 16.3. The van der Waals surface area contributed by atoms with E-state index in [2.05, 4.69) is 12.2 Å². The molecule has 0 fully saturated rings. The zero-order chi connectivity index (χ0) is 20.5. The molecule has 0 bridgehead atoms. The van der Waals surface area contributed by atoms with Crippen molar-refractivity contribution in [1.82, 2.24) is 5.32 Å². The average Bonchev–Trinajstić information content (AvgIpc) is 2.67. The highest BCUT2D eigenvalue weighted by molar-refractivity contribution is 5.84. The third-order valence-corrected chi connectivity index (χ3v) is 4.44. The van der Waals surface area contributed by atoms with Crippen LogP contribution in [0.3, 0.4) is 0 Å². The lowest BCUT2D eigenvalue weighted by atomic mass is 10.0.